The molecule has 148 valence electrons. The fourth-order valence-corrected chi connectivity index (χ4v) is 5.01. The Morgan fingerprint density at radius 3 is 2.47 bits per heavy atom. The number of benzene rings is 3. The molecule has 0 aliphatic rings. The summed E-state index contributed by atoms with van der Waals surface area (Å²) in [6, 6.07) is 25.7. The Morgan fingerprint density at radius 1 is 1.00 bits per heavy atom. The molecule has 0 N–H and O–H groups in total. The van der Waals surface area contributed by atoms with Crippen LogP contribution in [-0.2, 0) is 16.4 Å². The summed E-state index contributed by atoms with van der Waals surface area (Å²) < 4.78 is 28.9. The van der Waals surface area contributed by atoms with E-state index in [0.717, 1.165) is 20.9 Å². The molecule has 0 fully saturated rings. The Kier molecular flexibility index (Phi) is 5.58. The predicted octanol–water partition coefficient (Wildman–Crippen LogP) is 5.79. The van der Waals surface area contributed by atoms with E-state index < -0.39 is 9.84 Å². The van der Waals surface area contributed by atoms with Gasteiger partial charge in [0.2, 0.25) is 9.84 Å². The Balaban J connectivity index is 1.82. The SMILES string of the molecule is N#C/C(=C/c1cn(Cc2cccc(Br)c2)c2ccccc12)S(=O)(=O)c1ccccc1. The average molecular weight is 477 g/mol. The monoisotopic (exact) mass is 476 g/mol. The van der Waals surface area contributed by atoms with Crippen molar-refractivity contribution in [1.29, 1.82) is 5.26 Å². The first-order valence-electron chi connectivity index (χ1n) is 9.23. The molecule has 0 unspecified atom stereocenters. The molecule has 0 radical (unpaired) electrons. The van der Waals surface area contributed by atoms with Gasteiger partial charge in [0.05, 0.1) is 4.90 Å². The van der Waals surface area contributed by atoms with Crippen LogP contribution in [0.2, 0.25) is 0 Å². The molecule has 0 aliphatic heterocycles. The lowest BCUT2D eigenvalue weighted by atomic mass is 10.1. The summed E-state index contributed by atoms with van der Waals surface area (Å²) in [7, 11) is -3.89. The minimum atomic E-state index is -3.89. The Bertz CT molecular complexity index is 1400. The van der Waals surface area contributed by atoms with E-state index in [1.54, 1.807) is 18.2 Å². The molecule has 0 spiro atoms. The molecule has 0 atom stereocenters. The molecule has 4 rings (SSSR count). The van der Waals surface area contributed by atoms with Crippen LogP contribution in [0, 0.1) is 11.3 Å². The molecular formula is C24H17BrN2O2S. The number of hydrogen-bond donors (Lipinski definition) is 0. The average Bonchev–Trinajstić information content (AvgIpc) is 3.10. The molecule has 1 aromatic heterocycles. The Hall–Kier alpha value is -3.14. The van der Waals surface area contributed by atoms with E-state index in [-0.39, 0.29) is 9.80 Å². The Labute approximate surface area is 183 Å². The second-order valence-electron chi connectivity index (χ2n) is 6.80. The summed E-state index contributed by atoms with van der Waals surface area (Å²) in [4.78, 5) is -0.172. The van der Waals surface area contributed by atoms with Crippen LogP contribution in [0.5, 0.6) is 0 Å². The first kappa shape index (κ1) is 20.1. The molecule has 3 aromatic carbocycles. The van der Waals surface area contributed by atoms with Crippen molar-refractivity contribution >= 4 is 42.7 Å². The van der Waals surface area contributed by atoms with Crippen LogP contribution in [0.4, 0.5) is 0 Å². The third kappa shape index (κ3) is 3.95. The zero-order valence-electron chi connectivity index (χ0n) is 15.9. The summed E-state index contributed by atoms with van der Waals surface area (Å²) >= 11 is 3.50. The summed E-state index contributed by atoms with van der Waals surface area (Å²) in [6.07, 6.45) is 3.35. The third-order valence-corrected chi connectivity index (χ3v) is 6.98. The van der Waals surface area contributed by atoms with Crippen LogP contribution in [0.1, 0.15) is 11.1 Å². The number of fused-ring (bicyclic) bond motifs is 1. The largest absolute Gasteiger partial charge is 0.342 e. The summed E-state index contributed by atoms with van der Waals surface area (Å²) in [6.45, 7) is 0.626. The van der Waals surface area contributed by atoms with Crippen LogP contribution in [-0.4, -0.2) is 13.0 Å². The predicted molar refractivity (Wildman–Crippen MR) is 122 cm³/mol. The molecule has 0 saturated heterocycles. The number of allylic oxidation sites excluding steroid dienone is 1. The molecule has 0 saturated carbocycles. The number of rotatable bonds is 5. The van der Waals surface area contributed by atoms with E-state index in [0.29, 0.717) is 12.1 Å². The van der Waals surface area contributed by atoms with Gasteiger partial charge in [-0.05, 0) is 42.0 Å². The van der Waals surface area contributed by atoms with Crippen molar-refractivity contribution in [3.8, 4) is 6.07 Å². The molecule has 1 heterocycles. The smallest absolute Gasteiger partial charge is 0.216 e. The van der Waals surface area contributed by atoms with Crippen molar-refractivity contribution in [1.82, 2.24) is 4.57 Å². The highest BCUT2D eigenvalue weighted by Gasteiger charge is 2.21. The second kappa shape index (κ2) is 8.31. The molecule has 6 heteroatoms. The summed E-state index contributed by atoms with van der Waals surface area (Å²) in [5, 5.41) is 10.5. The molecule has 4 nitrogen and oxygen atoms in total. The number of hydrogen-bond acceptors (Lipinski definition) is 3. The molecule has 0 bridgehead atoms. The maximum Gasteiger partial charge on any atom is 0.216 e. The van der Waals surface area contributed by atoms with Crippen LogP contribution < -0.4 is 0 Å². The molecule has 0 amide bonds. The van der Waals surface area contributed by atoms with Gasteiger partial charge in [0, 0.05) is 33.7 Å². The lowest BCUT2D eigenvalue weighted by Crippen LogP contribution is -2.03. The number of nitrogens with zero attached hydrogens (tertiary/aromatic N) is 2. The van der Waals surface area contributed by atoms with E-state index in [4.69, 9.17) is 0 Å². The van der Waals surface area contributed by atoms with E-state index in [1.807, 2.05) is 60.8 Å². The van der Waals surface area contributed by atoms with Crippen LogP contribution >= 0.6 is 15.9 Å². The zero-order chi connectivity index (χ0) is 21.1. The maximum atomic E-state index is 12.9. The van der Waals surface area contributed by atoms with Gasteiger partial charge in [-0.25, -0.2) is 8.42 Å². The highest BCUT2D eigenvalue weighted by atomic mass is 79.9. The normalized spacial score (nSPS) is 12.1. The lowest BCUT2D eigenvalue weighted by Gasteiger charge is -2.06. The van der Waals surface area contributed by atoms with Crippen molar-refractivity contribution in [3.05, 3.63) is 106 Å². The highest BCUT2D eigenvalue weighted by molar-refractivity contribution is 9.10. The fourth-order valence-electron chi connectivity index (χ4n) is 3.39. The van der Waals surface area contributed by atoms with Gasteiger partial charge in [-0.15, -0.1) is 0 Å². The third-order valence-electron chi connectivity index (χ3n) is 4.80. The lowest BCUT2D eigenvalue weighted by molar-refractivity contribution is 0.603. The number of halogens is 1. The fraction of sp³-hybridized carbons (Fsp3) is 0.0417. The van der Waals surface area contributed by atoms with Crippen LogP contribution in [0.25, 0.3) is 17.0 Å². The van der Waals surface area contributed by atoms with Gasteiger partial charge < -0.3 is 4.57 Å². The highest BCUT2D eigenvalue weighted by Crippen LogP contribution is 2.27. The summed E-state index contributed by atoms with van der Waals surface area (Å²) in [5.41, 5.74) is 2.77. The van der Waals surface area contributed by atoms with Crippen molar-refractivity contribution in [2.24, 2.45) is 0 Å². The van der Waals surface area contributed by atoms with E-state index in [1.165, 1.54) is 18.2 Å². The van der Waals surface area contributed by atoms with E-state index in [9.17, 15) is 13.7 Å². The van der Waals surface area contributed by atoms with Gasteiger partial charge in [-0.3, -0.25) is 0 Å². The minimum absolute atomic E-state index is 0.107. The zero-order valence-corrected chi connectivity index (χ0v) is 18.3. The van der Waals surface area contributed by atoms with Crippen molar-refractivity contribution < 1.29 is 8.42 Å². The minimum Gasteiger partial charge on any atom is -0.342 e. The molecule has 4 aromatic rings. The van der Waals surface area contributed by atoms with Gasteiger partial charge in [-0.1, -0.05) is 64.5 Å². The van der Waals surface area contributed by atoms with Gasteiger partial charge in [0.15, 0.2) is 0 Å². The van der Waals surface area contributed by atoms with E-state index in [2.05, 4.69) is 20.5 Å². The first-order chi connectivity index (χ1) is 14.5. The molecule has 30 heavy (non-hydrogen) atoms. The van der Waals surface area contributed by atoms with Crippen molar-refractivity contribution in [2.75, 3.05) is 0 Å². The maximum absolute atomic E-state index is 12.9. The van der Waals surface area contributed by atoms with Gasteiger partial charge in [0.1, 0.15) is 11.0 Å². The Morgan fingerprint density at radius 2 is 1.73 bits per heavy atom. The second-order valence-corrected chi connectivity index (χ2v) is 9.63. The number of para-hydroxylation sites is 1. The summed E-state index contributed by atoms with van der Waals surface area (Å²) in [5.74, 6) is 0. The van der Waals surface area contributed by atoms with Gasteiger partial charge in [-0.2, -0.15) is 5.26 Å². The standard InChI is InChI=1S/C24H17BrN2O2S/c25-20-8-6-7-18(13-20)16-27-17-19(23-11-4-5-12-24(23)27)14-22(15-26)30(28,29)21-9-2-1-3-10-21/h1-14,17H,16H2/b22-14-. The topological polar surface area (TPSA) is 62.9 Å². The number of nitriles is 1. The van der Waals surface area contributed by atoms with Crippen molar-refractivity contribution in [3.63, 3.8) is 0 Å². The van der Waals surface area contributed by atoms with E-state index >= 15 is 0 Å². The number of aromatic nitrogens is 1. The number of sulfone groups is 1. The van der Waals surface area contributed by atoms with Crippen LogP contribution in [0.15, 0.2) is 99.3 Å². The van der Waals surface area contributed by atoms with Gasteiger partial charge >= 0.3 is 0 Å². The molecular weight excluding hydrogens is 460 g/mol. The first-order valence-corrected chi connectivity index (χ1v) is 11.5. The quantitative estimate of drug-likeness (QED) is 0.342. The molecule has 0 aliphatic carbocycles. The van der Waals surface area contributed by atoms with Crippen LogP contribution in [0.3, 0.4) is 0 Å². The van der Waals surface area contributed by atoms with Crippen molar-refractivity contribution in [2.45, 2.75) is 11.4 Å². The van der Waals surface area contributed by atoms with Gasteiger partial charge in [0.25, 0.3) is 0 Å².